The van der Waals surface area contributed by atoms with Gasteiger partial charge in [0, 0.05) is 21.0 Å². The van der Waals surface area contributed by atoms with Crippen molar-refractivity contribution in [3.63, 3.8) is 0 Å². The van der Waals surface area contributed by atoms with E-state index in [2.05, 4.69) is 0 Å². The summed E-state index contributed by atoms with van der Waals surface area (Å²) in [5.41, 5.74) is 4.85. The maximum atomic E-state index is 11.1. The van der Waals surface area contributed by atoms with Crippen LogP contribution in [0.5, 0.6) is 0 Å². The number of nitrogens with zero attached hydrogens (tertiary/aromatic N) is 2. The van der Waals surface area contributed by atoms with Crippen LogP contribution < -0.4 is 5.73 Å². The number of nitrogens with two attached hydrogens (primary N) is 1. The van der Waals surface area contributed by atoms with Gasteiger partial charge in [-0.05, 0) is 0 Å². The topological polar surface area (TPSA) is 83.7 Å². The predicted molar refractivity (Wildman–Crippen MR) is 45.7 cm³/mol. The highest BCUT2D eigenvalue weighted by Crippen LogP contribution is 1.89. The van der Waals surface area contributed by atoms with Gasteiger partial charge in [-0.15, -0.1) is 0 Å². The van der Waals surface area contributed by atoms with E-state index in [0.29, 0.717) is 0 Å². The van der Waals surface area contributed by atoms with E-state index in [1.165, 1.54) is 25.9 Å². The normalized spacial score (nSPS) is 9.15. The van der Waals surface area contributed by atoms with E-state index < -0.39 is 11.9 Å². The molecular weight excluding hydrogens is 174 g/mol. The van der Waals surface area contributed by atoms with Crippen LogP contribution in [0.4, 0.5) is 4.79 Å². The molecule has 0 aliphatic carbocycles. The highest BCUT2D eigenvalue weighted by molar-refractivity contribution is 5.95. The Hall–Kier alpha value is -1.59. The first-order valence-corrected chi connectivity index (χ1v) is 3.64. The third kappa shape index (κ3) is 3.55. The first-order valence-electron chi connectivity index (χ1n) is 3.64. The van der Waals surface area contributed by atoms with Gasteiger partial charge in [-0.1, -0.05) is 0 Å². The summed E-state index contributed by atoms with van der Waals surface area (Å²) in [6.07, 6.45) is 0. The average molecular weight is 187 g/mol. The number of carbonyl (C=O) groups excluding carboxylic acids is 3. The van der Waals surface area contributed by atoms with Gasteiger partial charge in [-0.25, -0.2) is 4.79 Å². The minimum atomic E-state index is -0.832. The summed E-state index contributed by atoms with van der Waals surface area (Å²) in [7, 11) is 2.73. The zero-order chi connectivity index (χ0) is 10.6. The lowest BCUT2D eigenvalue weighted by molar-refractivity contribution is -0.135. The third-order valence-corrected chi connectivity index (χ3v) is 1.61. The van der Waals surface area contributed by atoms with E-state index in [9.17, 15) is 14.4 Å². The lowest BCUT2D eigenvalue weighted by Gasteiger charge is -2.17. The summed E-state index contributed by atoms with van der Waals surface area (Å²) < 4.78 is 0. The minimum Gasteiger partial charge on any atom is -0.351 e. The fraction of sp³-hybridized carbons (Fsp3) is 0.571. The molecule has 0 fully saturated rings. The number of carbonyl (C=O) groups is 3. The molecule has 0 aliphatic rings. The van der Waals surface area contributed by atoms with E-state index in [4.69, 9.17) is 5.73 Å². The molecule has 2 N–H and O–H groups in total. The summed E-state index contributed by atoms with van der Waals surface area (Å²) in [6.45, 7) is 1.19. The molecule has 0 heterocycles. The van der Waals surface area contributed by atoms with Crippen molar-refractivity contribution in [1.29, 1.82) is 0 Å². The summed E-state index contributed by atoms with van der Waals surface area (Å²) in [5, 5.41) is 0. The van der Waals surface area contributed by atoms with E-state index in [1.807, 2.05) is 0 Å². The summed E-state index contributed by atoms with van der Waals surface area (Å²) in [4.78, 5) is 34.3. The van der Waals surface area contributed by atoms with Crippen LogP contribution in [0, 0.1) is 0 Å². The van der Waals surface area contributed by atoms with E-state index >= 15 is 0 Å². The van der Waals surface area contributed by atoms with Crippen LogP contribution in [-0.4, -0.2) is 48.3 Å². The minimum absolute atomic E-state index is 0.144. The Morgan fingerprint density at radius 2 is 1.69 bits per heavy atom. The molecule has 0 aliphatic heterocycles. The van der Waals surface area contributed by atoms with Gasteiger partial charge in [0.15, 0.2) is 0 Å². The molecule has 0 aromatic heterocycles. The second kappa shape index (κ2) is 4.44. The molecule has 6 nitrogen and oxygen atoms in total. The molecule has 0 bridgehead atoms. The van der Waals surface area contributed by atoms with Crippen molar-refractivity contribution in [2.24, 2.45) is 5.73 Å². The molecule has 0 spiro atoms. The number of urea groups is 1. The molecule has 0 saturated carbocycles. The predicted octanol–water partition coefficient (Wildman–Crippen LogP) is -0.998. The molecule has 0 radical (unpaired) electrons. The van der Waals surface area contributed by atoms with Gasteiger partial charge in [0.25, 0.3) is 0 Å². The molecule has 74 valence electrons. The van der Waals surface area contributed by atoms with Crippen LogP contribution in [0.25, 0.3) is 0 Å². The molecule has 13 heavy (non-hydrogen) atoms. The third-order valence-electron chi connectivity index (χ3n) is 1.61. The number of hydrogen-bond donors (Lipinski definition) is 1. The van der Waals surface area contributed by atoms with Crippen molar-refractivity contribution >= 4 is 17.8 Å². The van der Waals surface area contributed by atoms with E-state index in [-0.39, 0.29) is 12.5 Å². The fourth-order valence-electron chi connectivity index (χ4n) is 0.543. The second-order valence-corrected chi connectivity index (χ2v) is 2.67. The molecule has 0 unspecified atom stereocenters. The van der Waals surface area contributed by atoms with Gasteiger partial charge in [0.1, 0.15) is 0 Å². The Balaban J connectivity index is 4.15. The lowest BCUT2D eigenvalue weighted by atomic mass is 10.4. The second-order valence-electron chi connectivity index (χ2n) is 2.67. The fourth-order valence-corrected chi connectivity index (χ4v) is 0.543. The van der Waals surface area contributed by atoms with Crippen molar-refractivity contribution in [3.8, 4) is 0 Å². The van der Waals surface area contributed by atoms with Gasteiger partial charge in [-0.2, -0.15) is 0 Å². The first kappa shape index (κ1) is 11.4. The molecule has 0 atom stereocenters. The Morgan fingerprint density at radius 3 is 2.00 bits per heavy atom. The van der Waals surface area contributed by atoms with Crippen LogP contribution in [0.2, 0.25) is 0 Å². The SMILES string of the molecule is CC(=O)N(C)CC(=O)N(C)C(N)=O. The lowest BCUT2D eigenvalue weighted by Crippen LogP contribution is -2.43. The van der Waals surface area contributed by atoms with Crippen molar-refractivity contribution in [2.45, 2.75) is 6.92 Å². The monoisotopic (exact) mass is 187 g/mol. The van der Waals surface area contributed by atoms with Gasteiger partial charge >= 0.3 is 6.03 Å². The van der Waals surface area contributed by atoms with Gasteiger partial charge in [-0.3, -0.25) is 14.5 Å². The highest BCUT2D eigenvalue weighted by Gasteiger charge is 2.16. The van der Waals surface area contributed by atoms with Crippen LogP contribution in [0.1, 0.15) is 6.92 Å². The van der Waals surface area contributed by atoms with Crippen LogP contribution >= 0.6 is 0 Å². The number of likely N-dealkylation sites (N-methyl/N-ethyl adjacent to an activating group) is 2. The highest BCUT2D eigenvalue weighted by atomic mass is 16.2. The van der Waals surface area contributed by atoms with Gasteiger partial charge in [0.2, 0.25) is 11.8 Å². The Bertz CT molecular complexity index is 239. The average Bonchev–Trinajstić information content (AvgIpc) is 2.02. The van der Waals surface area contributed by atoms with Gasteiger partial charge < -0.3 is 10.6 Å². The van der Waals surface area contributed by atoms with Crippen LogP contribution in [0.3, 0.4) is 0 Å². The number of primary amides is 1. The quantitative estimate of drug-likeness (QED) is 0.602. The first-order chi connectivity index (χ1) is 5.86. The molecular formula is C7H13N3O3. The van der Waals surface area contributed by atoms with Crippen molar-refractivity contribution < 1.29 is 14.4 Å². The van der Waals surface area contributed by atoms with E-state index in [1.54, 1.807) is 0 Å². The van der Waals surface area contributed by atoms with Gasteiger partial charge in [0.05, 0.1) is 6.54 Å². The van der Waals surface area contributed by atoms with Crippen LogP contribution in [-0.2, 0) is 9.59 Å². The summed E-state index contributed by atoms with van der Waals surface area (Å²) in [6, 6.07) is -0.832. The maximum absolute atomic E-state index is 11.1. The largest absolute Gasteiger partial charge is 0.351 e. The Labute approximate surface area is 76.3 Å². The summed E-state index contributed by atoms with van der Waals surface area (Å²) in [5.74, 6) is -0.753. The number of imide groups is 1. The molecule has 6 heteroatoms. The smallest absolute Gasteiger partial charge is 0.321 e. The molecule has 0 aromatic rings. The Kier molecular flexibility index (Phi) is 3.90. The van der Waals surface area contributed by atoms with E-state index in [0.717, 1.165) is 4.90 Å². The summed E-state index contributed by atoms with van der Waals surface area (Å²) >= 11 is 0. The molecule has 0 aromatic carbocycles. The number of rotatable bonds is 2. The molecule has 0 saturated heterocycles. The number of amides is 4. The zero-order valence-corrected chi connectivity index (χ0v) is 7.90. The van der Waals surface area contributed by atoms with Crippen LogP contribution in [0.15, 0.2) is 0 Å². The maximum Gasteiger partial charge on any atom is 0.321 e. The number of hydrogen-bond acceptors (Lipinski definition) is 3. The van der Waals surface area contributed by atoms with Crippen molar-refractivity contribution in [3.05, 3.63) is 0 Å². The van der Waals surface area contributed by atoms with Crippen molar-refractivity contribution in [2.75, 3.05) is 20.6 Å². The zero-order valence-electron chi connectivity index (χ0n) is 7.90. The molecule has 0 rings (SSSR count). The Morgan fingerprint density at radius 1 is 1.23 bits per heavy atom. The van der Waals surface area contributed by atoms with Crippen molar-refractivity contribution in [1.82, 2.24) is 9.80 Å². The standard InChI is InChI=1S/C7H13N3O3/c1-5(11)9(2)4-6(12)10(3)7(8)13/h4H2,1-3H3,(H2,8,13). The molecule has 4 amide bonds.